The highest BCUT2D eigenvalue weighted by atomic mass is 16.5. The summed E-state index contributed by atoms with van der Waals surface area (Å²) in [6, 6.07) is 4.21. The molecule has 0 aliphatic heterocycles. The molecule has 2 heteroatoms. The number of rotatable bonds is 11. The van der Waals surface area contributed by atoms with Gasteiger partial charge in [-0.1, -0.05) is 45.6 Å². The van der Waals surface area contributed by atoms with E-state index in [4.69, 9.17) is 9.47 Å². The van der Waals surface area contributed by atoms with Crippen molar-refractivity contribution in [1.29, 1.82) is 0 Å². The van der Waals surface area contributed by atoms with E-state index in [1.165, 1.54) is 68.9 Å². The molecule has 2 nitrogen and oxygen atoms in total. The maximum Gasteiger partial charge on any atom is 0.123 e. The average molecular weight is 427 g/mol. The molecular weight excluding hydrogens is 380 g/mol. The Kier molecular flexibility index (Phi) is 9.81. The van der Waals surface area contributed by atoms with Gasteiger partial charge in [-0.25, -0.2) is 0 Å². The molecule has 0 amide bonds. The number of ether oxygens (including phenoxy) is 2. The molecule has 2 saturated carbocycles. The first-order chi connectivity index (χ1) is 15.2. The van der Waals surface area contributed by atoms with Gasteiger partial charge in [0.05, 0.1) is 13.2 Å². The van der Waals surface area contributed by atoms with Crippen LogP contribution < -0.4 is 9.47 Å². The van der Waals surface area contributed by atoms with Gasteiger partial charge >= 0.3 is 0 Å². The Morgan fingerprint density at radius 1 is 0.871 bits per heavy atom. The van der Waals surface area contributed by atoms with Crippen molar-refractivity contribution in [2.75, 3.05) is 13.2 Å². The van der Waals surface area contributed by atoms with Crippen molar-refractivity contribution in [3.8, 4) is 11.5 Å². The van der Waals surface area contributed by atoms with Crippen LogP contribution in [0, 0.1) is 30.6 Å². The predicted molar refractivity (Wildman–Crippen MR) is 132 cm³/mol. The van der Waals surface area contributed by atoms with Gasteiger partial charge < -0.3 is 9.47 Å². The molecule has 31 heavy (non-hydrogen) atoms. The molecule has 0 heterocycles. The number of hydrogen-bond acceptors (Lipinski definition) is 2. The highest BCUT2D eigenvalue weighted by Crippen LogP contribution is 2.42. The van der Waals surface area contributed by atoms with Crippen LogP contribution in [0.15, 0.2) is 24.8 Å². The Balaban J connectivity index is 1.49. The van der Waals surface area contributed by atoms with E-state index in [0.29, 0.717) is 5.92 Å². The van der Waals surface area contributed by atoms with Gasteiger partial charge in [0, 0.05) is 5.56 Å². The van der Waals surface area contributed by atoms with Gasteiger partial charge in [-0.3, -0.25) is 0 Å². The fourth-order valence-corrected chi connectivity index (χ4v) is 5.83. The van der Waals surface area contributed by atoms with Gasteiger partial charge in [0.1, 0.15) is 11.5 Å². The summed E-state index contributed by atoms with van der Waals surface area (Å²) in [7, 11) is 0. The molecule has 0 spiro atoms. The first kappa shape index (κ1) is 24.2. The molecule has 0 unspecified atom stereocenters. The molecule has 174 valence electrons. The lowest BCUT2D eigenvalue weighted by molar-refractivity contribution is 0.122. The van der Waals surface area contributed by atoms with Gasteiger partial charge in [-0.2, -0.15) is 0 Å². The van der Waals surface area contributed by atoms with Crippen molar-refractivity contribution in [2.24, 2.45) is 23.7 Å². The van der Waals surface area contributed by atoms with Crippen molar-refractivity contribution in [3.05, 3.63) is 35.9 Å². The van der Waals surface area contributed by atoms with E-state index in [1.807, 2.05) is 6.08 Å². The van der Waals surface area contributed by atoms with E-state index < -0.39 is 0 Å². The molecule has 0 N–H and O–H groups in total. The predicted octanol–water partition coefficient (Wildman–Crippen LogP) is 8.30. The van der Waals surface area contributed by atoms with Crippen LogP contribution in [0.3, 0.4) is 0 Å². The van der Waals surface area contributed by atoms with Crippen LogP contribution in [-0.2, 0) is 6.42 Å². The molecule has 1 aromatic rings. The summed E-state index contributed by atoms with van der Waals surface area (Å²) in [5.41, 5.74) is 2.45. The van der Waals surface area contributed by atoms with E-state index in [2.05, 4.69) is 39.5 Å². The van der Waals surface area contributed by atoms with Crippen LogP contribution in [0.1, 0.15) is 95.6 Å². The van der Waals surface area contributed by atoms with Crippen LogP contribution in [0.4, 0.5) is 0 Å². The lowest BCUT2D eigenvalue weighted by Gasteiger charge is -2.37. The molecule has 0 aromatic heterocycles. The SMILES string of the molecule is C=CCc1c(OCCCC)ccc(OCC2CCC(C3CCC(CC)CC3)CC2)c1C. The van der Waals surface area contributed by atoms with Crippen molar-refractivity contribution in [3.63, 3.8) is 0 Å². The Morgan fingerprint density at radius 2 is 1.48 bits per heavy atom. The largest absolute Gasteiger partial charge is 0.493 e. The summed E-state index contributed by atoms with van der Waals surface area (Å²) in [5, 5.41) is 0. The smallest absolute Gasteiger partial charge is 0.123 e. The van der Waals surface area contributed by atoms with Gasteiger partial charge in [0.2, 0.25) is 0 Å². The third-order valence-electron chi connectivity index (χ3n) is 8.11. The molecule has 0 atom stereocenters. The second-order valence-corrected chi connectivity index (χ2v) is 10.1. The average Bonchev–Trinajstić information content (AvgIpc) is 2.81. The molecule has 0 radical (unpaired) electrons. The van der Waals surface area contributed by atoms with E-state index in [9.17, 15) is 0 Å². The Labute approximate surface area is 191 Å². The van der Waals surface area contributed by atoms with E-state index in [-0.39, 0.29) is 0 Å². The molecule has 0 saturated heterocycles. The van der Waals surface area contributed by atoms with Crippen molar-refractivity contribution >= 4 is 0 Å². The zero-order chi connectivity index (χ0) is 22.1. The highest BCUT2D eigenvalue weighted by molar-refractivity contribution is 5.48. The standard InChI is InChI=1S/C29H46O2/c1-5-8-20-30-29-19-18-28(22(4)27(29)9-6-2)31-21-24-12-16-26(17-13-24)25-14-10-23(7-3)11-15-25/h6,18-19,23-26H,2,5,7-17,20-21H2,1,3-4H3. The van der Waals surface area contributed by atoms with E-state index in [0.717, 1.165) is 61.7 Å². The molecule has 0 bridgehead atoms. The highest BCUT2D eigenvalue weighted by Gasteiger charge is 2.30. The van der Waals surface area contributed by atoms with Crippen LogP contribution in [-0.4, -0.2) is 13.2 Å². The number of allylic oxidation sites excluding steroid dienone is 1. The second kappa shape index (κ2) is 12.6. The van der Waals surface area contributed by atoms with E-state index in [1.54, 1.807) is 0 Å². The van der Waals surface area contributed by atoms with Gasteiger partial charge in [-0.05, 0) is 99.7 Å². The summed E-state index contributed by atoms with van der Waals surface area (Å²) in [4.78, 5) is 0. The van der Waals surface area contributed by atoms with Crippen LogP contribution in [0.25, 0.3) is 0 Å². The van der Waals surface area contributed by atoms with Crippen molar-refractivity contribution in [1.82, 2.24) is 0 Å². The molecule has 1 aromatic carbocycles. The third-order valence-corrected chi connectivity index (χ3v) is 8.11. The van der Waals surface area contributed by atoms with Gasteiger partial charge in [0.15, 0.2) is 0 Å². The quantitative estimate of drug-likeness (QED) is 0.262. The van der Waals surface area contributed by atoms with Crippen molar-refractivity contribution < 1.29 is 9.47 Å². The molecule has 2 aliphatic rings. The summed E-state index contributed by atoms with van der Waals surface area (Å²) < 4.78 is 12.4. The first-order valence-electron chi connectivity index (χ1n) is 13.1. The molecule has 3 rings (SSSR count). The van der Waals surface area contributed by atoms with Crippen LogP contribution in [0.5, 0.6) is 11.5 Å². The Morgan fingerprint density at radius 3 is 2.06 bits per heavy atom. The normalized spacial score (nSPS) is 26.4. The Hall–Kier alpha value is -1.44. The lowest BCUT2D eigenvalue weighted by Crippen LogP contribution is -2.27. The topological polar surface area (TPSA) is 18.5 Å². The first-order valence-corrected chi connectivity index (χ1v) is 13.1. The third kappa shape index (κ3) is 6.77. The summed E-state index contributed by atoms with van der Waals surface area (Å²) in [6.07, 6.45) is 17.9. The minimum absolute atomic E-state index is 0.714. The minimum Gasteiger partial charge on any atom is -0.493 e. The van der Waals surface area contributed by atoms with Gasteiger partial charge in [-0.15, -0.1) is 6.58 Å². The Bertz CT molecular complexity index is 664. The zero-order valence-corrected chi connectivity index (χ0v) is 20.5. The molecule has 2 aliphatic carbocycles. The monoisotopic (exact) mass is 426 g/mol. The van der Waals surface area contributed by atoms with E-state index >= 15 is 0 Å². The van der Waals surface area contributed by atoms with Crippen LogP contribution in [0.2, 0.25) is 0 Å². The molecular formula is C29H46O2. The van der Waals surface area contributed by atoms with Crippen molar-refractivity contribution in [2.45, 2.75) is 97.8 Å². The molecule has 2 fully saturated rings. The number of hydrogen-bond donors (Lipinski definition) is 0. The second-order valence-electron chi connectivity index (χ2n) is 10.1. The fraction of sp³-hybridized carbons (Fsp3) is 0.724. The van der Waals surface area contributed by atoms with Gasteiger partial charge in [0.25, 0.3) is 0 Å². The summed E-state index contributed by atoms with van der Waals surface area (Å²) in [5.74, 6) is 5.74. The minimum atomic E-state index is 0.714. The maximum atomic E-state index is 6.36. The maximum absolute atomic E-state index is 6.36. The zero-order valence-electron chi connectivity index (χ0n) is 20.5. The number of unbranched alkanes of at least 4 members (excludes halogenated alkanes) is 1. The summed E-state index contributed by atoms with van der Waals surface area (Å²) in [6.45, 7) is 12.3. The summed E-state index contributed by atoms with van der Waals surface area (Å²) >= 11 is 0. The van der Waals surface area contributed by atoms with Crippen LogP contribution >= 0.6 is 0 Å². The lowest BCUT2D eigenvalue weighted by atomic mass is 9.69. The number of benzene rings is 1. The fourth-order valence-electron chi connectivity index (χ4n) is 5.83.